The van der Waals surface area contributed by atoms with Crippen LogP contribution in [0.2, 0.25) is 0 Å². The molecule has 4 nitrogen and oxygen atoms in total. The van der Waals surface area contributed by atoms with E-state index in [-0.39, 0.29) is 18.7 Å². The lowest BCUT2D eigenvalue weighted by Crippen LogP contribution is -2.33. The zero-order valence-electron chi connectivity index (χ0n) is 14.3. The average Bonchev–Trinajstić information content (AvgIpc) is 3.07. The molecule has 0 aromatic heterocycles. The van der Waals surface area contributed by atoms with Gasteiger partial charge in [-0.15, -0.1) is 0 Å². The maximum atomic E-state index is 12.1. The average molecular weight is 404 g/mol. The minimum atomic E-state index is 0.0842. The van der Waals surface area contributed by atoms with Gasteiger partial charge in [0.2, 0.25) is 12.7 Å². The van der Waals surface area contributed by atoms with Crippen molar-refractivity contribution in [1.82, 2.24) is 5.32 Å². The maximum Gasteiger partial charge on any atom is 0.231 e. The van der Waals surface area contributed by atoms with Crippen LogP contribution >= 0.6 is 15.9 Å². The van der Waals surface area contributed by atoms with Crippen molar-refractivity contribution in [3.05, 3.63) is 58.1 Å². The minimum Gasteiger partial charge on any atom is -0.454 e. The monoisotopic (exact) mass is 403 g/mol. The van der Waals surface area contributed by atoms with Crippen molar-refractivity contribution in [3.63, 3.8) is 0 Å². The standard InChI is InChI=1S/C20H22BrNO3/c1-14(2-3-15-4-8-17(21)9-5-15)22-20(23)11-7-16-6-10-18-19(12-16)25-13-24-18/h4-6,8-10,12,14H,2-3,7,11,13H2,1H3,(H,22,23). The third kappa shape index (κ3) is 5.23. The Morgan fingerprint density at radius 3 is 2.60 bits per heavy atom. The first kappa shape index (κ1) is 17.8. The Kier molecular flexibility index (Phi) is 5.97. The van der Waals surface area contributed by atoms with E-state index in [1.54, 1.807) is 0 Å². The van der Waals surface area contributed by atoms with Crippen LogP contribution < -0.4 is 14.8 Å². The number of aryl methyl sites for hydroxylation is 2. The highest BCUT2D eigenvalue weighted by atomic mass is 79.9. The summed E-state index contributed by atoms with van der Waals surface area (Å²) in [5, 5.41) is 3.08. The SMILES string of the molecule is CC(CCc1ccc(Br)cc1)NC(=O)CCc1ccc2c(c1)OCO2. The first-order chi connectivity index (χ1) is 12.1. The van der Waals surface area contributed by atoms with Gasteiger partial charge in [0, 0.05) is 16.9 Å². The van der Waals surface area contributed by atoms with Crippen LogP contribution in [0.4, 0.5) is 0 Å². The molecule has 1 heterocycles. The molecule has 132 valence electrons. The normalized spacial score (nSPS) is 13.5. The Bertz CT molecular complexity index is 730. The van der Waals surface area contributed by atoms with Crippen molar-refractivity contribution in [2.24, 2.45) is 0 Å². The van der Waals surface area contributed by atoms with Gasteiger partial charge in [-0.2, -0.15) is 0 Å². The molecular weight excluding hydrogens is 382 g/mol. The van der Waals surface area contributed by atoms with Gasteiger partial charge in [0.25, 0.3) is 0 Å². The predicted molar refractivity (Wildman–Crippen MR) is 101 cm³/mol. The molecular formula is C20H22BrNO3. The van der Waals surface area contributed by atoms with Gasteiger partial charge < -0.3 is 14.8 Å². The van der Waals surface area contributed by atoms with Gasteiger partial charge in [0.05, 0.1) is 0 Å². The molecule has 5 heteroatoms. The van der Waals surface area contributed by atoms with Crippen LogP contribution in [0.5, 0.6) is 11.5 Å². The van der Waals surface area contributed by atoms with E-state index in [2.05, 4.69) is 40.3 Å². The van der Waals surface area contributed by atoms with Crippen LogP contribution in [0, 0.1) is 0 Å². The summed E-state index contributed by atoms with van der Waals surface area (Å²) in [6.07, 6.45) is 3.05. The van der Waals surface area contributed by atoms with Crippen molar-refractivity contribution < 1.29 is 14.3 Å². The summed E-state index contributed by atoms with van der Waals surface area (Å²) in [5.74, 6) is 1.62. The number of hydrogen-bond acceptors (Lipinski definition) is 3. The number of halogens is 1. The van der Waals surface area contributed by atoms with Crippen molar-refractivity contribution in [2.45, 2.75) is 38.6 Å². The molecule has 1 N–H and O–H groups in total. The number of carbonyl (C=O) groups is 1. The number of carbonyl (C=O) groups excluding carboxylic acids is 1. The lowest BCUT2D eigenvalue weighted by Gasteiger charge is -2.14. The quantitative estimate of drug-likeness (QED) is 0.751. The van der Waals surface area contributed by atoms with Crippen molar-refractivity contribution in [2.75, 3.05) is 6.79 Å². The van der Waals surface area contributed by atoms with E-state index < -0.39 is 0 Å². The largest absolute Gasteiger partial charge is 0.454 e. The smallest absolute Gasteiger partial charge is 0.231 e. The first-order valence-corrected chi connectivity index (χ1v) is 9.32. The number of nitrogens with one attached hydrogen (secondary N) is 1. The minimum absolute atomic E-state index is 0.0842. The van der Waals surface area contributed by atoms with Gasteiger partial charge in [0.15, 0.2) is 11.5 Å². The summed E-state index contributed by atoms with van der Waals surface area (Å²) in [6, 6.07) is 14.3. The van der Waals surface area contributed by atoms with Crippen LogP contribution in [-0.4, -0.2) is 18.7 Å². The molecule has 0 saturated heterocycles. The van der Waals surface area contributed by atoms with Crippen LogP contribution in [0.1, 0.15) is 30.9 Å². The Morgan fingerprint density at radius 2 is 1.80 bits per heavy atom. The second-order valence-electron chi connectivity index (χ2n) is 6.32. The van der Waals surface area contributed by atoms with E-state index in [4.69, 9.17) is 9.47 Å². The lowest BCUT2D eigenvalue weighted by atomic mass is 10.1. The third-order valence-corrected chi connectivity index (χ3v) is 4.79. The molecule has 2 aromatic rings. The maximum absolute atomic E-state index is 12.1. The van der Waals surface area contributed by atoms with Crippen molar-refractivity contribution in [1.29, 1.82) is 0 Å². The Balaban J connectivity index is 1.40. The fraction of sp³-hybridized carbons (Fsp3) is 0.350. The Morgan fingerprint density at radius 1 is 1.08 bits per heavy atom. The molecule has 0 saturated carbocycles. The summed E-state index contributed by atoms with van der Waals surface area (Å²) in [5.41, 5.74) is 2.37. The molecule has 1 amide bonds. The molecule has 1 unspecified atom stereocenters. The summed E-state index contributed by atoms with van der Waals surface area (Å²) in [6.45, 7) is 2.33. The third-order valence-electron chi connectivity index (χ3n) is 4.26. The van der Waals surface area contributed by atoms with E-state index in [0.29, 0.717) is 12.8 Å². The fourth-order valence-electron chi connectivity index (χ4n) is 2.81. The van der Waals surface area contributed by atoms with E-state index in [1.165, 1.54) is 5.56 Å². The molecule has 3 rings (SSSR count). The van der Waals surface area contributed by atoms with Gasteiger partial charge >= 0.3 is 0 Å². The molecule has 1 atom stereocenters. The number of benzene rings is 2. The molecule has 0 bridgehead atoms. The highest BCUT2D eigenvalue weighted by Gasteiger charge is 2.14. The zero-order valence-corrected chi connectivity index (χ0v) is 15.8. The molecule has 0 aliphatic carbocycles. The van der Waals surface area contributed by atoms with Crippen LogP contribution in [-0.2, 0) is 17.6 Å². The van der Waals surface area contributed by atoms with Crippen molar-refractivity contribution in [3.8, 4) is 11.5 Å². The highest BCUT2D eigenvalue weighted by Crippen LogP contribution is 2.32. The van der Waals surface area contributed by atoms with Gasteiger partial charge in [-0.3, -0.25) is 4.79 Å². The summed E-state index contributed by atoms with van der Waals surface area (Å²) >= 11 is 3.44. The highest BCUT2D eigenvalue weighted by molar-refractivity contribution is 9.10. The summed E-state index contributed by atoms with van der Waals surface area (Å²) in [4.78, 5) is 12.1. The molecule has 1 aliphatic rings. The van der Waals surface area contributed by atoms with Crippen LogP contribution in [0.15, 0.2) is 46.9 Å². The predicted octanol–water partition coefficient (Wildman–Crippen LogP) is 4.25. The number of amides is 1. The fourth-order valence-corrected chi connectivity index (χ4v) is 3.07. The van der Waals surface area contributed by atoms with Gasteiger partial charge in [-0.1, -0.05) is 34.1 Å². The van der Waals surface area contributed by atoms with Gasteiger partial charge in [0.1, 0.15) is 0 Å². The second-order valence-corrected chi connectivity index (χ2v) is 7.24. The van der Waals surface area contributed by atoms with E-state index in [0.717, 1.165) is 34.4 Å². The van der Waals surface area contributed by atoms with E-state index >= 15 is 0 Å². The Hall–Kier alpha value is -2.01. The molecule has 25 heavy (non-hydrogen) atoms. The van der Waals surface area contributed by atoms with E-state index in [1.807, 2.05) is 30.3 Å². The van der Waals surface area contributed by atoms with Crippen LogP contribution in [0.25, 0.3) is 0 Å². The summed E-state index contributed by atoms with van der Waals surface area (Å²) < 4.78 is 11.7. The molecule has 2 aromatic carbocycles. The summed E-state index contributed by atoms with van der Waals surface area (Å²) in [7, 11) is 0. The number of ether oxygens (including phenoxy) is 2. The first-order valence-electron chi connectivity index (χ1n) is 8.52. The van der Waals surface area contributed by atoms with Gasteiger partial charge in [-0.05, 0) is 61.6 Å². The molecule has 0 spiro atoms. The number of fused-ring (bicyclic) bond motifs is 1. The molecule has 0 radical (unpaired) electrons. The number of rotatable bonds is 7. The Labute approximate surface area is 156 Å². The van der Waals surface area contributed by atoms with Crippen molar-refractivity contribution >= 4 is 21.8 Å². The number of hydrogen-bond donors (Lipinski definition) is 1. The molecule has 1 aliphatic heterocycles. The van der Waals surface area contributed by atoms with Crippen LogP contribution in [0.3, 0.4) is 0 Å². The second kappa shape index (κ2) is 8.39. The molecule has 0 fully saturated rings. The van der Waals surface area contributed by atoms with E-state index in [9.17, 15) is 4.79 Å². The zero-order chi connectivity index (χ0) is 17.6. The lowest BCUT2D eigenvalue weighted by molar-refractivity contribution is -0.121. The van der Waals surface area contributed by atoms with Gasteiger partial charge in [-0.25, -0.2) is 0 Å². The topological polar surface area (TPSA) is 47.6 Å².